The normalized spacial score (nSPS) is 10.6. The second kappa shape index (κ2) is 5.14. The van der Waals surface area contributed by atoms with E-state index >= 15 is 0 Å². The second-order valence-electron chi connectivity index (χ2n) is 2.76. The molecule has 0 amide bonds. The third kappa shape index (κ3) is 3.28. The van der Waals surface area contributed by atoms with Crippen molar-refractivity contribution in [2.24, 2.45) is 7.05 Å². The molecule has 1 aromatic heterocycles. The number of ether oxygens (including phenoxy) is 1. The van der Waals surface area contributed by atoms with Crippen molar-refractivity contribution in [2.45, 2.75) is 11.4 Å². The smallest absolute Gasteiger partial charge is 0.141 e. The molecule has 0 radical (unpaired) electrons. The van der Waals surface area contributed by atoms with Gasteiger partial charge in [0.15, 0.2) is 0 Å². The van der Waals surface area contributed by atoms with Gasteiger partial charge >= 0.3 is 0 Å². The molecule has 5 heteroatoms. The van der Waals surface area contributed by atoms with Crippen molar-refractivity contribution in [1.82, 2.24) is 9.78 Å². The minimum atomic E-state index is 0.755. The Hall–Kier alpha value is -0.680. The van der Waals surface area contributed by atoms with Crippen LogP contribution in [0.25, 0.3) is 0 Å². The molecule has 0 aliphatic heterocycles. The lowest BCUT2D eigenvalue weighted by atomic mass is 10.5. The standard InChI is InChI=1S/C8H15N3OS/c1-11-6-7(9)8(10-11)13-5-3-4-12-2/h6H,3-5,9H2,1-2H3. The molecular formula is C8H15N3OS. The Labute approximate surface area is 82.4 Å². The van der Waals surface area contributed by atoms with E-state index in [1.165, 1.54) is 0 Å². The largest absolute Gasteiger partial charge is 0.395 e. The number of aryl methyl sites for hydroxylation is 1. The third-order valence-electron chi connectivity index (χ3n) is 1.55. The second-order valence-corrected chi connectivity index (χ2v) is 3.84. The Morgan fingerprint density at radius 2 is 2.46 bits per heavy atom. The van der Waals surface area contributed by atoms with E-state index in [0.29, 0.717) is 0 Å². The summed E-state index contributed by atoms with van der Waals surface area (Å²) in [4.78, 5) is 0. The maximum Gasteiger partial charge on any atom is 0.141 e. The van der Waals surface area contributed by atoms with Gasteiger partial charge in [-0.3, -0.25) is 4.68 Å². The molecule has 0 aliphatic carbocycles. The Kier molecular flexibility index (Phi) is 4.11. The number of hydrogen-bond acceptors (Lipinski definition) is 4. The summed E-state index contributed by atoms with van der Waals surface area (Å²) in [6.07, 6.45) is 2.84. The summed E-state index contributed by atoms with van der Waals surface area (Å²) in [5.74, 6) is 0.995. The lowest BCUT2D eigenvalue weighted by molar-refractivity contribution is 0.200. The zero-order chi connectivity index (χ0) is 9.68. The number of nitrogens with zero attached hydrogens (tertiary/aromatic N) is 2. The van der Waals surface area contributed by atoms with Gasteiger partial charge in [0.05, 0.1) is 5.69 Å². The molecule has 2 N–H and O–H groups in total. The maximum atomic E-state index is 5.72. The third-order valence-corrected chi connectivity index (χ3v) is 2.64. The number of hydrogen-bond donors (Lipinski definition) is 1. The van der Waals surface area contributed by atoms with Crippen molar-refractivity contribution in [3.05, 3.63) is 6.20 Å². The van der Waals surface area contributed by atoms with Crippen LogP contribution >= 0.6 is 11.8 Å². The maximum absolute atomic E-state index is 5.72. The molecule has 1 rings (SSSR count). The molecule has 1 heterocycles. The highest BCUT2D eigenvalue weighted by atomic mass is 32.2. The summed E-state index contributed by atoms with van der Waals surface area (Å²) >= 11 is 1.67. The summed E-state index contributed by atoms with van der Waals surface area (Å²) in [6, 6.07) is 0. The lowest BCUT2D eigenvalue weighted by Crippen LogP contribution is -1.92. The fourth-order valence-corrected chi connectivity index (χ4v) is 1.83. The quantitative estimate of drug-likeness (QED) is 0.573. The van der Waals surface area contributed by atoms with Gasteiger partial charge in [-0.1, -0.05) is 0 Å². The number of thioether (sulfide) groups is 1. The van der Waals surface area contributed by atoms with Gasteiger partial charge in [0, 0.05) is 32.7 Å². The van der Waals surface area contributed by atoms with Crippen molar-refractivity contribution in [3.63, 3.8) is 0 Å². The Balaban J connectivity index is 2.32. The minimum Gasteiger partial charge on any atom is -0.395 e. The number of nitrogens with two attached hydrogens (primary N) is 1. The van der Waals surface area contributed by atoms with Gasteiger partial charge in [-0.05, 0) is 6.42 Å². The number of nitrogen functional groups attached to an aromatic ring is 1. The molecule has 0 atom stereocenters. The highest BCUT2D eigenvalue weighted by molar-refractivity contribution is 7.99. The van der Waals surface area contributed by atoms with Crippen LogP contribution in [0.1, 0.15) is 6.42 Å². The molecule has 0 spiro atoms. The van der Waals surface area contributed by atoms with E-state index in [4.69, 9.17) is 10.5 Å². The first-order valence-corrected chi connectivity index (χ1v) is 5.13. The first-order chi connectivity index (χ1) is 6.24. The zero-order valence-electron chi connectivity index (χ0n) is 7.99. The molecule has 0 saturated carbocycles. The molecule has 74 valence electrons. The van der Waals surface area contributed by atoms with E-state index < -0.39 is 0 Å². The molecule has 0 fully saturated rings. The monoisotopic (exact) mass is 201 g/mol. The van der Waals surface area contributed by atoms with E-state index in [1.807, 2.05) is 13.2 Å². The summed E-state index contributed by atoms with van der Waals surface area (Å²) in [6.45, 7) is 0.791. The molecule has 0 saturated heterocycles. The van der Waals surface area contributed by atoms with Crippen LogP contribution in [0.3, 0.4) is 0 Å². The van der Waals surface area contributed by atoms with Gasteiger partial charge in [0.1, 0.15) is 5.03 Å². The Morgan fingerprint density at radius 3 is 3.00 bits per heavy atom. The van der Waals surface area contributed by atoms with Crippen LogP contribution in [-0.2, 0) is 11.8 Å². The van der Waals surface area contributed by atoms with Crippen molar-refractivity contribution in [1.29, 1.82) is 0 Å². The summed E-state index contributed by atoms with van der Waals surface area (Å²) in [7, 11) is 3.58. The molecule has 0 aliphatic rings. The van der Waals surface area contributed by atoms with Crippen LogP contribution < -0.4 is 5.73 Å². The van der Waals surface area contributed by atoms with E-state index in [-0.39, 0.29) is 0 Å². The highest BCUT2D eigenvalue weighted by Gasteiger charge is 2.03. The van der Waals surface area contributed by atoms with Crippen LogP contribution in [-0.4, -0.2) is 29.3 Å². The minimum absolute atomic E-state index is 0.755. The molecule has 0 aromatic carbocycles. The molecule has 0 unspecified atom stereocenters. The van der Waals surface area contributed by atoms with Gasteiger partial charge in [-0.15, -0.1) is 11.8 Å². The Morgan fingerprint density at radius 1 is 1.69 bits per heavy atom. The van der Waals surface area contributed by atoms with Crippen LogP contribution in [0.5, 0.6) is 0 Å². The van der Waals surface area contributed by atoms with Crippen LogP contribution in [0.15, 0.2) is 11.2 Å². The molecule has 4 nitrogen and oxygen atoms in total. The number of aromatic nitrogens is 2. The summed E-state index contributed by atoms with van der Waals surface area (Å²) in [5.41, 5.74) is 6.48. The van der Waals surface area contributed by atoms with Gasteiger partial charge in [0.2, 0.25) is 0 Å². The van der Waals surface area contributed by atoms with Crippen LogP contribution in [0.2, 0.25) is 0 Å². The van der Waals surface area contributed by atoms with E-state index in [9.17, 15) is 0 Å². The number of rotatable bonds is 5. The van der Waals surface area contributed by atoms with Crippen LogP contribution in [0, 0.1) is 0 Å². The van der Waals surface area contributed by atoms with Crippen molar-refractivity contribution in [3.8, 4) is 0 Å². The van der Waals surface area contributed by atoms with Gasteiger partial charge in [-0.2, -0.15) is 5.10 Å². The summed E-state index contributed by atoms with van der Waals surface area (Å²) < 4.78 is 6.68. The summed E-state index contributed by atoms with van der Waals surface area (Å²) in [5, 5.41) is 5.14. The topological polar surface area (TPSA) is 53.1 Å². The van der Waals surface area contributed by atoms with Crippen molar-refractivity contribution < 1.29 is 4.74 Å². The molecule has 1 aromatic rings. The average molecular weight is 201 g/mol. The Bertz CT molecular complexity index is 262. The predicted molar refractivity (Wildman–Crippen MR) is 54.8 cm³/mol. The van der Waals surface area contributed by atoms with Gasteiger partial charge in [-0.25, -0.2) is 0 Å². The SMILES string of the molecule is COCCCSc1nn(C)cc1N. The fraction of sp³-hybridized carbons (Fsp3) is 0.625. The van der Waals surface area contributed by atoms with Gasteiger partial charge < -0.3 is 10.5 Å². The average Bonchev–Trinajstić information content (AvgIpc) is 2.39. The van der Waals surface area contributed by atoms with E-state index in [1.54, 1.807) is 23.6 Å². The first-order valence-electron chi connectivity index (χ1n) is 4.15. The first kappa shape index (κ1) is 10.4. The van der Waals surface area contributed by atoms with Crippen molar-refractivity contribution >= 4 is 17.4 Å². The van der Waals surface area contributed by atoms with Gasteiger partial charge in [0.25, 0.3) is 0 Å². The fourth-order valence-electron chi connectivity index (χ4n) is 0.971. The van der Waals surface area contributed by atoms with Crippen LogP contribution in [0.4, 0.5) is 5.69 Å². The molecular weight excluding hydrogens is 186 g/mol. The highest BCUT2D eigenvalue weighted by Crippen LogP contribution is 2.22. The zero-order valence-corrected chi connectivity index (χ0v) is 8.80. The molecule has 13 heavy (non-hydrogen) atoms. The van der Waals surface area contributed by atoms with Crippen molar-refractivity contribution in [2.75, 3.05) is 25.2 Å². The number of methoxy groups -OCH3 is 1. The molecule has 0 bridgehead atoms. The van der Waals surface area contributed by atoms with E-state index in [0.717, 1.165) is 29.5 Å². The van der Waals surface area contributed by atoms with E-state index in [2.05, 4.69) is 5.10 Å². The number of anilines is 1. The lowest BCUT2D eigenvalue weighted by Gasteiger charge is -1.98. The predicted octanol–water partition coefficient (Wildman–Crippen LogP) is 1.13.